The van der Waals surface area contributed by atoms with Crippen molar-refractivity contribution in [2.45, 2.75) is 16.9 Å². The number of nitrogens with zero attached hydrogens (tertiary/aromatic N) is 1. The third kappa shape index (κ3) is 4.04. The first-order valence-electron chi connectivity index (χ1n) is 9.19. The summed E-state index contributed by atoms with van der Waals surface area (Å²) < 4.78 is 53.5. The summed E-state index contributed by atoms with van der Waals surface area (Å²) in [5.41, 5.74) is 0.156. The van der Waals surface area contributed by atoms with Crippen molar-refractivity contribution in [2.75, 3.05) is 0 Å². The minimum atomic E-state index is -4.52. The topological polar surface area (TPSA) is 84.8 Å². The highest BCUT2D eigenvalue weighted by Crippen LogP contribution is 2.41. The molecule has 3 aromatic carbocycles. The van der Waals surface area contributed by atoms with Crippen LogP contribution in [0.2, 0.25) is 0 Å². The van der Waals surface area contributed by atoms with Gasteiger partial charge in [0, 0.05) is 17.2 Å². The van der Waals surface area contributed by atoms with Crippen LogP contribution in [-0.2, 0) is 25.3 Å². The summed E-state index contributed by atoms with van der Waals surface area (Å²) in [6.45, 7) is 0. The van der Waals surface area contributed by atoms with E-state index in [-0.39, 0.29) is 12.1 Å². The molecule has 1 amide bonds. The molecule has 3 aromatic rings. The second-order valence-electron chi connectivity index (χ2n) is 6.90. The van der Waals surface area contributed by atoms with E-state index in [1.807, 2.05) is 60.7 Å². The van der Waals surface area contributed by atoms with Gasteiger partial charge in [-0.25, -0.2) is 21.9 Å². The Bertz CT molecular complexity index is 1200. The van der Waals surface area contributed by atoms with Gasteiger partial charge in [0.05, 0.1) is 11.3 Å². The number of carbonyl (C=O) groups excluding carboxylic acids is 1. The fraction of sp³-hybridized carbons (Fsp3) is 0.0909. The van der Waals surface area contributed by atoms with E-state index in [4.69, 9.17) is 4.84 Å². The lowest BCUT2D eigenvalue weighted by atomic mass is 9.82. The fourth-order valence-electron chi connectivity index (χ4n) is 3.37. The zero-order valence-corrected chi connectivity index (χ0v) is 16.8. The van der Waals surface area contributed by atoms with Crippen LogP contribution in [-0.4, -0.2) is 20.0 Å². The summed E-state index contributed by atoms with van der Waals surface area (Å²) in [4.78, 5) is 17.7. The first-order chi connectivity index (χ1) is 14.8. The van der Waals surface area contributed by atoms with Crippen molar-refractivity contribution in [1.82, 2.24) is 4.72 Å². The third-order valence-corrected chi connectivity index (χ3v) is 6.15. The van der Waals surface area contributed by atoms with Crippen LogP contribution in [0.3, 0.4) is 0 Å². The maximum atomic E-state index is 13.4. The Morgan fingerprint density at radius 1 is 0.903 bits per heavy atom. The van der Waals surface area contributed by atoms with Crippen molar-refractivity contribution in [3.8, 4) is 0 Å². The first-order valence-corrected chi connectivity index (χ1v) is 10.7. The lowest BCUT2D eigenvalue weighted by molar-refractivity contribution is -0.113. The molecule has 0 aliphatic carbocycles. The van der Waals surface area contributed by atoms with Crippen molar-refractivity contribution in [3.63, 3.8) is 0 Å². The third-order valence-electron chi connectivity index (χ3n) is 4.84. The molecule has 1 N–H and O–H groups in total. The van der Waals surface area contributed by atoms with Crippen molar-refractivity contribution in [2.24, 2.45) is 5.16 Å². The Hall–Kier alpha value is -3.59. The van der Waals surface area contributed by atoms with Crippen LogP contribution in [0.15, 0.2) is 88.9 Å². The number of halogens is 2. The van der Waals surface area contributed by atoms with Crippen LogP contribution < -0.4 is 4.72 Å². The molecule has 0 aromatic heterocycles. The van der Waals surface area contributed by atoms with Gasteiger partial charge in [-0.2, -0.15) is 0 Å². The molecule has 0 unspecified atom stereocenters. The van der Waals surface area contributed by atoms with E-state index in [1.54, 1.807) is 4.72 Å². The number of benzene rings is 3. The van der Waals surface area contributed by atoms with E-state index in [2.05, 4.69) is 5.16 Å². The lowest BCUT2D eigenvalue weighted by Gasteiger charge is -2.27. The van der Waals surface area contributed by atoms with Gasteiger partial charge >= 0.3 is 0 Å². The van der Waals surface area contributed by atoms with Crippen LogP contribution in [0.4, 0.5) is 8.78 Å². The molecule has 6 nitrogen and oxygen atoms in total. The smallest absolute Gasteiger partial charge is 0.282 e. The highest BCUT2D eigenvalue weighted by molar-refractivity contribution is 7.90. The monoisotopic (exact) mass is 442 g/mol. The standard InChI is InChI=1S/C22H16F2N2O4S/c23-17-11-18(24)13-19(12-17)31(28,29)26-21(27)20-14-22(30-25-20,15-7-3-1-4-8-15)16-9-5-2-6-10-16/h1-13H,14H2,(H,26,27). The molecule has 31 heavy (non-hydrogen) atoms. The molecule has 9 heteroatoms. The molecular weight excluding hydrogens is 426 g/mol. The Morgan fingerprint density at radius 2 is 1.42 bits per heavy atom. The number of carbonyl (C=O) groups is 1. The molecule has 0 spiro atoms. The van der Waals surface area contributed by atoms with E-state index < -0.39 is 38.1 Å². The average molecular weight is 442 g/mol. The quantitative estimate of drug-likeness (QED) is 0.656. The molecule has 158 valence electrons. The first kappa shape index (κ1) is 20.7. The molecule has 1 heterocycles. The van der Waals surface area contributed by atoms with Crippen molar-refractivity contribution in [3.05, 3.63) is 102 Å². The normalized spacial score (nSPS) is 15.1. The highest BCUT2D eigenvalue weighted by atomic mass is 32.2. The van der Waals surface area contributed by atoms with Crippen LogP contribution in [0, 0.1) is 11.6 Å². The number of rotatable bonds is 5. The van der Waals surface area contributed by atoms with Crippen LogP contribution in [0.25, 0.3) is 0 Å². The van der Waals surface area contributed by atoms with E-state index in [0.29, 0.717) is 18.2 Å². The van der Waals surface area contributed by atoms with E-state index in [0.717, 1.165) is 11.1 Å². The van der Waals surface area contributed by atoms with Gasteiger partial charge in [0.2, 0.25) is 0 Å². The summed E-state index contributed by atoms with van der Waals surface area (Å²) in [6.07, 6.45) is -0.0418. The van der Waals surface area contributed by atoms with Gasteiger partial charge in [-0.1, -0.05) is 65.8 Å². The van der Waals surface area contributed by atoms with Gasteiger partial charge in [-0.3, -0.25) is 4.79 Å². The largest absolute Gasteiger partial charge is 0.379 e. The SMILES string of the molecule is O=C(NS(=O)(=O)c1cc(F)cc(F)c1)C1=NOC(c2ccccc2)(c2ccccc2)C1. The molecule has 0 saturated heterocycles. The summed E-state index contributed by atoms with van der Waals surface area (Å²) in [6, 6.07) is 19.9. The molecule has 0 saturated carbocycles. The van der Waals surface area contributed by atoms with Gasteiger partial charge in [-0.15, -0.1) is 0 Å². The maximum Gasteiger partial charge on any atom is 0.282 e. The Labute approximate surface area is 177 Å². The maximum absolute atomic E-state index is 13.4. The van der Waals surface area contributed by atoms with Crippen LogP contribution in [0.5, 0.6) is 0 Å². The van der Waals surface area contributed by atoms with Gasteiger partial charge in [0.1, 0.15) is 11.6 Å². The van der Waals surface area contributed by atoms with Gasteiger partial charge < -0.3 is 4.84 Å². The lowest BCUT2D eigenvalue weighted by Crippen LogP contribution is -2.37. The summed E-state index contributed by atoms with van der Waals surface area (Å²) in [5, 5.41) is 3.85. The van der Waals surface area contributed by atoms with Crippen molar-refractivity contribution >= 4 is 21.6 Å². The Balaban J connectivity index is 1.62. The number of oxime groups is 1. The van der Waals surface area contributed by atoms with E-state index in [9.17, 15) is 22.0 Å². The number of hydrogen-bond donors (Lipinski definition) is 1. The highest BCUT2D eigenvalue weighted by Gasteiger charge is 2.45. The molecule has 0 radical (unpaired) electrons. The van der Waals surface area contributed by atoms with Crippen LogP contribution >= 0.6 is 0 Å². The van der Waals surface area contributed by atoms with Crippen molar-refractivity contribution < 1.29 is 26.8 Å². The summed E-state index contributed by atoms with van der Waals surface area (Å²) >= 11 is 0. The molecule has 0 bridgehead atoms. The number of amides is 1. The molecule has 1 aliphatic heterocycles. The number of nitrogens with one attached hydrogen (secondary N) is 1. The molecule has 0 atom stereocenters. The van der Waals surface area contributed by atoms with Crippen LogP contribution in [0.1, 0.15) is 17.5 Å². The zero-order chi connectivity index (χ0) is 22.1. The molecule has 1 aliphatic rings. The number of sulfonamides is 1. The van der Waals surface area contributed by atoms with Gasteiger partial charge in [-0.05, 0) is 12.1 Å². The van der Waals surface area contributed by atoms with Crippen molar-refractivity contribution in [1.29, 1.82) is 0 Å². The van der Waals surface area contributed by atoms with E-state index >= 15 is 0 Å². The second kappa shape index (κ2) is 7.92. The minimum absolute atomic E-state index is 0.0418. The molecule has 0 fully saturated rings. The van der Waals surface area contributed by atoms with Gasteiger partial charge in [0.15, 0.2) is 11.3 Å². The Morgan fingerprint density at radius 3 is 1.94 bits per heavy atom. The average Bonchev–Trinajstić information content (AvgIpc) is 3.21. The van der Waals surface area contributed by atoms with Gasteiger partial charge in [0.25, 0.3) is 15.9 Å². The van der Waals surface area contributed by atoms with E-state index in [1.165, 1.54) is 0 Å². The molecular formula is C22H16F2N2O4S. The fourth-order valence-corrected chi connectivity index (χ4v) is 4.38. The predicted octanol–water partition coefficient (Wildman–Crippen LogP) is 3.49. The second-order valence-corrected chi connectivity index (χ2v) is 8.59. The molecule has 4 rings (SSSR count). The Kier molecular flexibility index (Phi) is 5.28. The minimum Gasteiger partial charge on any atom is -0.379 e. The zero-order valence-electron chi connectivity index (χ0n) is 16.0. The predicted molar refractivity (Wildman–Crippen MR) is 108 cm³/mol. The number of hydrogen-bond acceptors (Lipinski definition) is 5. The summed E-state index contributed by atoms with van der Waals surface area (Å²) in [5.74, 6) is -3.21. The summed E-state index contributed by atoms with van der Waals surface area (Å²) in [7, 11) is -4.52.